The van der Waals surface area contributed by atoms with Crippen LogP contribution < -0.4 is 0 Å². The quantitative estimate of drug-likeness (QED) is 0.239. The normalized spacial score (nSPS) is 21.2. The number of benzene rings is 2. The van der Waals surface area contributed by atoms with Crippen LogP contribution in [0.3, 0.4) is 0 Å². The fourth-order valence-electron chi connectivity index (χ4n) is 4.54. The molecule has 1 saturated carbocycles. The number of aliphatic hydroxyl groups is 2. The topological polar surface area (TPSA) is 83.8 Å². The fraction of sp³-hybridized carbons (Fsp3) is 0.400. The van der Waals surface area contributed by atoms with Crippen LogP contribution in [0.15, 0.2) is 79.4 Å². The second kappa shape index (κ2) is 13.8. The van der Waals surface area contributed by atoms with Crippen LogP contribution in [0.25, 0.3) is 10.8 Å². The van der Waals surface area contributed by atoms with E-state index < -0.39 is 12.2 Å². The molecule has 0 radical (unpaired) electrons. The number of allylic oxidation sites excluding steroid dienone is 2. The number of rotatable bonds is 13. The third-order valence-corrected chi connectivity index (χ3v) is 6.50. The molecule has 0 aromatic heterocycles. The summed E-state index contributed by atoms with van der Waals surface area (Å²) in [6.45, 7) is 3.74. The van der Waals surface area contributed by atoms with E-state index in [4.69, 9.17) is 4.74 Å². The molecule has 35 heavy (non-hydrogen) atoms. The van der Waals surface area contributed by atoms with E-state index >= 15 is 0 Å². The smallest absolute Gasteiger partial charge is 0.306 e. The van der Waals surface area contributed by atoms with Crippen LogP contribution in [0.4, 0.5) is 0 Å². The number of carbonyl (C=O) groups excluding carboxylic acids is 2. The molecule has 186 valence electrons. The van der Waals surface area contributed by atoms with Crippen LogP contribution >= 0.6 is 0 Å². The van der Waals surface area contributed by atoms with Gasteiger partial charge in [-0.3, -0.25) is 9.59 Å². The third kappa shape index (κ3) is 8.30. The van der Waals surface area contributed by atoms with Gasteiger partial charge in [-0.2, -0.15) is 0 Å². The zero-order valence-electron chi connectivity index (χ0n) is 20.2. The van der Waals surface area contributed by atoms with Crippen LogP contribution in [0, 0.1) is 11.8 Å². The van der Waals surface area contributed by atoms with Crippen molar-refractivity contribution in [2.45, 2.75) is 57.2 Å². The number of unbranched alkanes of at least 4 members (excludes halogenated alkanes) is 1. The van der Waals surface area contributed by atoms with Gasteiger partial charge in [-0.25, -0.2) is 0 Å². The average Bonchev–Trinajstić information content (AvgIpc) is 3.13. The van der Waals surface area contributed by atoms with Crippen molar-refractivity contribution in [1.82, 2.24) is 0 Å². The maximum atomic E-state index is 12.4. The predicted molar refractivity (Wildman–Crippen MR) is 139 cm³/mol. The van der Waals surface area contributed by atoms with Crippen molar-refractivity contribution < 1.29 is 24.5 Å². The SMILES string of the molecule is C=CCOC(=O)CCC/C=C\C[C@H]1C(=O)CC(O)[C@@H]1/C=C/[C@@H](O)CCc1ccc2ccccc2c1. The van der Waals surface area contributed by atoms with Gasteiger partial charge >= 0.3 is 5.97 Å². The molecule has 0 amide bonds. The highest BCUT2D eigenvalue weighted by molar-refractivity contribution is 5.85. The lowest BCUT2D eigenvalue weighted by Crippen LogP contribution is -2.19. The van der Waals surface area contributed by atoms with E-state index in [1.807, 2.05) is 30.4 Å². The van der Waals surface area contributed by atoms with Crippen molar-refractivity contribution >= 4 is 22.5 Å². The number of hydrogen-bond donors (Lipinski definition) is 2. The molecule has 2 N–H and O–H groups in total. The van der Waals surface area contributed by atoms with Gasteiger partial charge in [0.2, 0.25) is 0 Å². The molecule has 1 aliphatic rings. The number of aliphatic hydroxyl groups excluding tert-OH is 2. The summed E-state index contributed by atoms with van der Waals surface area (Å²) in [6.07, 6.45) is 11.4. The van der Waals surface area contributed by atoms with Crippen LogP contribution in [0.1, 0.15) is 44.1 Å². The number of ether oxygens (including phenoxy) is 1. The van der Waals surface area contributed by atoms with Gasteiger partial charge < -0.3 is 14.9 Å². The molecule has 5 nitrogen and oxygen atoms in total. The molecule has 0 aliphatic heterocycles. The van der Waals surface area contributed by atoms with Crippen molar-refractivity contribution in [1.29, 1.82) is 0 Å². The summed E-state index contributed by atoms with van der Waals surface area (Å²) in [5, 5.41) is 23.3. The third-order valence-electron chi connectivity index (χ3n) is 6.50. The van der Waals surface area contributed by atoms with Gasteiger partial charge in [-0.05, 0) is 48.4 Å². The summed E-state index contributed by atoms with van der Waals surface area (Å²) >= 11 is 0. The Labute approximate surface area is 207 Å². The summed E-state index contributed by atoms with van der Waals surface area (Å²) in [5.74, 6) is -0.772. The fourth-order valence-corrected chi connectivity index (χ4v) is 4.54. The van der Waals surface area contributed by atoms with Crippen molar-refractivity contribution in [2.75, 3.05) is 6.61 Å². The molecule has 2 aromatic carbocycles. The molecule has 0 spiro atoms. The van der Waals surface area contributed by atoms with Gasteiger partial charge in [0.1, 0.15) is 12.4 Å². The summed E-state index contributed by atoms with van der Waals surface area (Å²) in [6, 6.07) is 14.5. The van der Waals surface area contributed by atoms with Gasteiger partial charge in [0.25, 0.3) is 0 Å². The zero-order valence-corrected chi connectivity index (χ0v) is 20.2. The molecule has 0 bridgehead atoms. The Morgan fingerprint density at radius 2 is 1.97 bits per heavy atom. The highest BCUT2D eigenvalue weighted by Crippen LogP contribution is 2.33. The summed E-state index contributed by atoms with van der Waals surface area (Å²) in [7, 11) is 0. The summed E-state index contributed by atoms with van der Waals surface area (Å²) in [5.41, 5.74) is 1.17. The van der Waals surface area contributed by atoms with Gasteiger partial charge in [-0.15, -0.1) is 0 Å². The largest absolute Gasteiger partial charge is 0.461 e. The first-order valence-corrected chi connectivity index (χ1v) is 12.4. The molecule has 1 fully saturated rings. The molecule has 0 saturated heterocycles. The first-order valence-electron chi connectivity index (χ1n) is 12.4. The molecule has 4 atom stereocenters. The zero-order chi connectivity index (χ0) is 25.0. The maximum absolute atomic E-state index is 12.4. The van der Waals surface area contributed by atoms with E-state index in [-0.39, 0.29) is 36.6 Å². The first kappa shape index (κ1) is 26.6. The lowest BCUT2D eigenvalue weighted by atomic mass is 9.90. The molecular formula is C30H36O5. The van der Waals surface area contributed by atoms with Crippen LogP contribution in [0.2, 0.25) is 0 Å². The van der Waals surface area contributed by atoms with Crippen molar-refractivity contribution in [3.05, 3.63) is 85.0 Å². The Morgan fingerprint density at radius 1 is 1.17 bits per heavy atom. The van der Waals surface area contributed by atoms with E-state index in [0.717, 1.165) is 12.8 Å². The van der Waals surface area contributed by atoms with Gasteiger partial charge in [0, 0.05) is 24.7 Å². The Bertz CT molecular complexity index is 1050. The maximum Gasteiger partial charge on any atom is 0.306 e. The minimum absolute atomic E-state index is 0.0513. The van der Waals surface area contributed by atoms with E-state index in [1.165, 1.54) is 16.3 Å². The molecule has 1 unspecified atom stereocenters. The molecule has 2 aromatic rings. The number of aryl methyl sites for hydroxylation is 1. The highest BCUT2D eigenvalue weighted by atomic mass is 16.5. The Kier molecular flexibility index (Phi) is 10.5. The van der Waals surface area contributed by atoms with E-state index in [1.54, 1.807) is 12.2 Å². The Balaban J connectivity index is 1.45. The second-order valence-electron chi connectivity index (χ2n) is 9.17. The van der Waals surface area contributed by atoms with Gasteiger partial charge in [0.05, 0.1) is 12.2 Å². The molecule has 1 aliphatic carbocycles. The Morgan fingerprint density at radius 3 is 2.77 bits per heavy atom. The van der Waals surface area contributed by atoms with Crippen LogP contribution in [-0.2, 0) is 20.7 Å². The number of ketones is 1. The van der Waals surface area contributed by atoms with Crippen molar-refractivity contribution in [3.63, 3.8) is 0 Å². The number of Topliss-reactive ketones (excluding diaryl/α,β-unsaturated/α-hetero) is 1. The predicted octanol–water partition coefficient (Wildman–Crippen LogP) is 5.10. The molecular weight excluding hydrogens is 440 g/mol. The number of hydrogen-bond acceptors (Lipinski definition) is 5. The average molecular weight is 477 g/mol. The van der Waals surface area contributed by atoms with Gasteiger partial charge in [0.15, 0.2) is 0 Å². The van der Waals surface area contributed by atoms with Crippen molar-refractivity contribution in [3.8, 4) is 0 Å². The number of carbonyl (C=O) groups is 2. The molecule has 3 rings (SSSR count). The standard InChI is InChI=1S/C30H36O5/c1-2-19-35-30(34)12-6-4-3-5-11-26-27(29(33)21-28(26)32)18-17-25(31)16-14-22-13-15-23-9-7-8-10-24(23)20-22/h2-3,5,7-10,13,15,17-18,20,25-27,29,31,33H,1,4,6,11-12,14,16,19,21H2/b5-3-,18-17+/t25-,26+,27+,29?/m0/s1. The number of fused-ring (bicyclic) bond motifs is 1. The number of esters is 1. The first-order chi connectivity index (χ1) is 17.0. The van der Waals surface area contributed by atoms with E-state index in [0.29, 0.717) is 25.7 Å². The van der Waals surface area contributed by atoms with Crippen molar-refractivity contribution in [2.24, 2.45) is 11.8 Å². The molecule has 0 heterocycles. The summed E-state index contributed by atoms with van der Waals surface area (Å²) < 4.78 is 4.94. The van der Waals surface area contributed by atoms with E-state index in [9.17, 15) is 19.8 Å². The lowest BCUT2D eigenvalue weighted by Gasteiger charge is -2.16. The van der Waals surface area contributed by atoms with Crippen LogP contribution in [-0.4, -0.2) is 40.8 Å². The van der Waals surface area contributed by atoms with E-state index in [2.05, 4.69) is 36.9 Å². The lowest BCUT2D eigenvalue weighted by molar-refractivity contribution is -0.142. The minimum atomic E-state index is -0.718. The van der Waals surface area contributed by atoms with Crippen LogP contribution in [0.5, 0.6) is 0 Å². The summed E-state index contributed by atoms with van der Waals surface area (Å²) in [4.78, 5) is 23.9. The monoisotopic (exact) mass is 476 g/mol. The second-order valence-corrected chi connectivity index (χ2v) is 9.17. The highest BCUT2D eigenvalue weighted by Gasteiger charge is 2.39. The molecule has 5 heteroatoms. The minimum Gasteiger partial charge on any atom is -0.461 e. The Hall–Kier alpha value is -3.02. The van der Waals surface area contributed by atoms with Gasteiger partial charge in [-0.1, -0.05) is 79.4 Å².